The summed E-state index contributed by atoms with van der Waals surface area (Å²) >= 11 is 0. The van der Waals surface area contributed by atoms with Crippen molar-refractivity contribution in [1.29, 1.82) is 0 Å². The molecule has 0 amide bonds. The Balaban J connectivity index is 1.73. The zero-order chi connectivity index (χ0) is 18.4. The Hall–Kier alpha value is -2.44. The first kappa shape index (κ1) is 18.4. The topological polar surface area (TPSA) is 3.24 Å². The SMILES string of the molecule is C#CC1CCN(CCC=C(c2ccc(F)cc2)c2ccc(F)cc2)CC1. The molecule has 1 heterocycles. The molecule has 2 aromatic carbocycles. The first-order chi connectivity index (χ1) is 12.7. The third kappa shape index (κ3) is 4.80. The van der Waals surface area contributed by atoms with Crippen LogP contribution in [-0.4, -0.2) is 24.5 Å². The largest absolute Gasteiger partial charge is 0.303 e. The maximum absolute atomic E-state index is 13.3. The quantitative estimate of drug-likeness (QED) is 0.675. The number of benzene rings is 2. The minimum atomic E-state index is -0.261. The van der Waals surface area contributed by atoms with Crippen molar-refractivity contribution in [3.8, 4) is 12.3 Å². The lowest BCUT2D eigenvalue weighted by Gasteiger charge is -2.29. The summed E-state index contributed by atoms with van der Waals surface area (Å²) in [6.45, 7) is 3.03. The number of rotatable bonds is 5. The maximum Gasteiger partial charge on any atom is 0.123 e. The van der Waals surface area contributed by atoms with Gasteiger partial charge < -0.3 is 4.90 Å². The van der Waals surface area contributed by atoms with Gasteiger partial charge in [0, 0.05) is 12.5 Å². The second-order valence-electron chi connectivity index (χ2n) is 6.70. The molecular weight excluding hydrogens is 328 g/mol. The summed E-state index contributed by atoms with van der Waals surface area (Å²) in [5.74, 6) is 2.74. The van der Waals surface area contributed by atoms with E-state index in [1.165, 1.54) is 24.3 Å². The molecule has 26 heavy (non-hydrogen) atoms. The van der Waals surface area contributed by atoms with Crippen molar-refractivity contribution in [3.63, 3.8) is 0 Å². The smallest absolute Gasteiger partial charge is 0.123 e. The van der Waals surface area contributed by atoms with Crippen molar-refractivity contribution < 1.29 is 8.78 Å². The summed E-state index contributed by atoms with van der Waals surface area (Å²) in [5, 5.41) is 0. The van der Waals surface area contributed by atoms with Crippen LogP contribution in [0.15, 0.2) is 54.6 Å². The van der Waals surface area contributed by atoms with Crippen molar-refractivity contribution in [1.82, 2.24) is 4.90 Å². The molecule has 1 aliphatic rings. The van der Waals surface area contributed by atoms with E-state index in [0.29, 0.717) is 5.92 Å². The molecule has 1 fully saturated rings. The minimum absolute atomic E-state index is 0.261. The van der Waals surface area contributed by atoms with Crippen molar-refractivity contribution in [2.75, 3.05) is 19.6 Å². The van der Waals surface area contributed by atoms with E-state index in [1.807, 2.05) is 0 Å². The van der Waals surface area contributed by atoms with Crippen molar-refractivity contribution in [2.45, 2.75) is 19.3 Å². The van der Waals surface area contributed by atoms with E-state index < -0.39 is 0 Å². The standard InChI is InChI=1S/C23H23F2N/c1-2-18-13-16-26(17-14-18)15-3-4-23(19-5-9-21(24)10-6-19)20-7-11-22(25)12-8-20/h1,4-12,18H,3,13-17H2. The van der Waals surface area contributed by atoms with Gasteiger partial charge in [0.25, 0.3) is 0 Å². The average molecular weight is 351 g/mol. The number of nitrogens with zero attached hydrogens (tertiary/aromatic N) is 1. The van der Waals surface area contributed by atoms with Gasteiger partial charge in [-0.25, -0.2) is 8.78 Å². The Morgan fingerprint density at radius 2 is 1.46 bits per heavy atom. The molecule has 0 spiro atoms. The third-order valence-corrected chi connectivity index (χ3v) is 4.93. The number of terminal acetylenes is 1. The molecule has 0 unspecified atom stereocenters. The van der Waals surface area contributed by atoms with E-state index in [1.54, 1.807) is 24.3 Å². The van der Waals surface area contributed by atoms with Gasteiger partial charge >= 0.3 is 0 Å². The molecular formula is C23H23F2N. The van der Waals surface area contributed by atoms with Gasteiger partial charge in [0.05, 0.1) is 0 Å². The first-order valence-electron chi connectivity index (χ1n) is 9.06. The predicted octanol–water partition coefficient (Wildman–Crippen LogP) is 5.13. The zero-order valence-corrected chi connectivity index (χ0v) is 14.8. The lowest BCUT2D eigenvalue weighted by Crippen LogP contribution is -2.33. The first-order valence-corrected chi connectivity index (χ1v) is 9.06. The van der Waals surface area contributed by atoms with Gasteiger partial charge in [-0.05, 0) is 73.3 Å². The summed E-state index contributed by atoms with van der Waals surface area (Å²) in [7, 11) is 0. The monoisotopic (exact) mass is 351 g/mol. The number of piperidine rings is 1. The van der Waals surface area contributed by atoms with Crippen molar-refractivity contribution in [3.05, 3.63) is 77.4 Å². The van der Waals surface area contributed by atoms with Gasteiger partial charge in [0.2, 0.25) is 0 Å². The third-order valence-electron chi connectivity index (χ3n) is 4.93. The Bertz CT molecular complexity index is 729. The molecule has 0 atom stereocenters. The van der Waals surface area contributed by atoms with Crippen LogP contribution >= 0.6 is 0 Å². The Labute approximate surface area is 154 Å². The summed E-state index contributed by atoms with van der Waals surface area (Å²) in [4.78, 5) is 2.43. The van der Waals surface area contributed by atoms with Crippen LogP contribution in [0.25, 0.3) is 5.57 Å². The van der Waals surface area contributed by atoms with Crippen molar-refractivity contribution >= 4 is 5.57 Å². The van der Waals surface area contributed by atoms with Crippen LogP contribution in [0.1, 0.15) is 30.4 Å². The average Bonchev–Trinajstić information content (AvgIpc) is 2.68. The lowest BCUT2D eigenvalue weighted by molar-refractivity contribution is 0.210. The van der Waals surface area contributed by atoms with Gasteiger partial charge in [0.1, 0.15) is 11.6 Å². The highest BCUT2D eigenvalue weighted by atomic mass is 19.1. The van der Waals surface area contributed by atoms with Gasteiger partial charge in [-0.15, -0.1) is 12.3 Å². The van der Waals surface area contributed by atoms with Crippen LogP contribution in [0, 0.1) is 29.9 Å². The second kappa shape index (κ2) is 8.78. The van der Waals surface area contributed by atoms with Crippen LogP contribution in [0.4, 0.5) is 8.78 Å². The van der Waals surface area contributed by atoms with Gasteiger partial charge in [-0.1, -0.05) is 30.3 Å². The second-order valence-corrected chi connectivity index (χ2v) is 6.70. The molecule has 3 heteroatoms. The molecule has 0 aromatic heterocycles. The van der Waals surface area contributed by atoms with E-state index in [2.05, 4.69) is 16.9 Å². The summed E-state index contributed by atoms with van der Waals surface area (Å²) < 4.78 is 26.5. The molecule has 3 rings (SSSR count). The molecule has 134 valence electrons. The molecule has 1 nitrogen and oxygen atoms in total. The number of likely N-dealkylation sites (tertiary alicyclic amines) is 1. The van der Waals surface area contributed by atoms with E-state index >= 15 is 0 Å². The minimum Gasteiger partial charge on any atom is -0.303 e. The summed E-state index contributed by atoms with van der Waals surface area (Å²) in [5.41, 5.74) is 2.87. The summed E-state index contributed by atoms with van der Waals surface area (Å²) in [6, 6.07) is 12.9. The molecule has 0 saturated carbocycles. The number of hydrogen-bond acceptors (Lipinski definition) is 1. The predicted molar refractivity (Wildman–Crippen MR) is 102 cm³/mol. The lowest BCUT2D eigenvalue weighted by atomic mass is 9.96. The van der Waals surface area contributed by atoms with Gasteiger partial charge in [-0.3, -0.25) is 0 Å². The normalized spacial score (nSPS) is 15.4. The number of hydrogen-bond donors (Lipinski definition) is 0. The van der Waals surface area contributed by atoms with E-state index in [4.69, 9.17) is 6.42 Å². The number of halogens is 2. The van der Waals surface area contributed by atoms with E-state index in [-0.39, 0.29) is 11.6 Å². The highest BCUT2D eigenvalue weighted by Gasteiger charge is 2.16. The Morgan fingerprint density at radius 1 is 0.962 bits per heavy atom. The fraction of sp³-hybridized carbons (Fsp3) is 0.304. The van der Waals surface area contributed by atoms with Crippen molar-refractivity contribution in [2.24, 2.45) is 5.92 Å². The van der Waals surface area contributed by atoms with Crippen LogP contribution < -0.4 is 0 Å². The van der Waals surface area contributed by atoms with E-state index in [0.717, 1.165) is 55.6 Å². The fourth-order valence-corrected chi connectivity index (χ4v) is 3.38. The van der Waals surface area contributed by atoms with Gasteiger partial charge in [0.15, 0.2) is 0 Å². The fourth-order valence-electron chi connectivity index (χ4n) is 3.38. The Morgan fingerprint density at radius 3 is 1.92 bits per heavy atom. The maximum atomic E-state index is 13.3. The van der Waals surface area contributed by atoms with Gasteiger partial charge in [-0.2, -0.15) is 0 Å². The van der Waals surface area contributed by atoms with Crippen LogP contribution in [0.2, 0.25) is 0 Å². The Kier molecular flexibility index (Phi) is 6.20. The molecule has 1 aliphatic heterocycles. The molecule has 2 aromatic rings. The molecule has 0 N–H and O–H groups in total. The molecule has 1 saturated heterocycles. The molecule has 0 bridgehead atoms. The highest BCUT2D eigenvalue weighted by Crippen LogP contribution is 2.25. The van der Waals surface area contributed by atoms with Crippen LogP contribution in [-0.2, 0) is 0 Å². The summed E-state index contributed by atoms with van der Waals surface area (Å²) in [6.07, 6.45) is 10.7. The van der Waals surface area contributed by atoms with Crippen LogP contribution in [0.3, 0.4) is 0 Å². The zero-order valence-electron chi connectivity index (χ0n) is 14.8. The highest BCUT2D eigenvalue weighted by molar-refractivity contribution is 5.79. The molecule has 0 aliphatic carbocycles. The molecule has 0 radical (unpaired) electrons. The van der Waals surface area contributed by atoms with E-state index in [9.17, 15) is 8.78 Å². The van der Waals surface area contributed by atoms with Crippen LogP contribution in [0.5, 0.6) is 0 Å².